The van der Waals surface area contributed by atoms with E-state index in [2.05, 4.69) is 54.6 Å². The molecule has 0 spiro atoms. The maximum atomic E-state index is 15.1. The molecule has 4 rings (SSSR count). The summed E-state index contributed by atoms with van der Waals surface area (Å²) in [6, 6.07) is 7.22. The molecule has 1 aliphatic carbocycles. The molecule has 1 aromatic carbocycles. The maximum absolute atomic E-state index is 15.1. The predicted molar refractivity (Wildman–Crippen MR) is 187 cm³/mol. The molecule has 0 bridgehead atoms. The molecular weight excluding hydrogens is 598 g/mol. The maximum Gasteiger partial charge on any atom is 0.319 e. The van der Waals surface area contributed by atoms with E-state index in [1.807, 2.05) is 59.3 Å². The van der Waals surface area contributed by atoms with Crippen LogP contribution in [0.25, 0.3) is 0 Å². The van der Waals surface area contributed by atoms with Crippen LogP contribution >= 0.6 is 11.6 Å². The predicted octanol–water partition coefficient (Wildman–Crippen LogP) is 5.40. The standard InChI is InChI=1S/C37H60ClN5O3/c1-35(2,3)41-21-29(25-12-14-26(38)15-13-25)30(22-41)33(45)43(11)23-28(20-31(43)32(44)39-8)42(27-16-18-36(4,5)19-17-27)34(46)37(6,7)24-40(9)10/h12-15,27-31H,16-24H2,1-11H3/p+1/t28-,29-,30+,31-,43?/m0/s1. The van der Waals surface area contributed by atoms with Gasteiger partial charge in [0.25, 0.3) is 5.91 Å². The molecule has 5 atom stereocenters. The summed E-state index contributed by atoms with van der Waals surface area (Å²) in [5.41, 5.74) is 0.638. The lowest BCUT2D eigenvalue weighted by Crippen LogP contribution is -2.61. The first-order chi connectivity index (χ1) is 21.2. The Kier molecular flexibility index (Phi) is 10.8. The molecule has 2 saturated heterocycles. The minimum atomic E-state index is -0.604. The summed E-state index contributed by atoms with van der Waals surface area (Å²) in [6.07, 6.45) is 4.47. The van der Waals surface area contributed by atoms with Gasteiger partial charge in [0.05, 0.1) is 24.4 Å². The summed E-state index contributed by atoms with van der Waals surface area (Å²) in [6.45, 7) is 17.7. The summed E-state index contributed by atoms with van der Waals surface area (Å²) >= 11 is 6.27. The van der Waals surface area contributed by atoms with Crippen molar-refractivity contribution in [3.05, 3.63) is 34.9 Å². The van der Waals surface area contributed by atoms with Crippen LogP contribution in [0.5, 0.6) is 0 Å². The number of halogens is 1. The average molecular weight is 659 g/mol. The number of nitrogens with zero attached hydrogens (tertiary/aromatic N) is 4. The molecule has 9 heteroatoms. The number of likely N-dealkylation sites (tertiary alicyclic amines) is 2. The zero-order valence-corrected chi connectivity index (χ0v) is 31.2. The van der Waals surface area contributed by atoms with E-state index in [9.17, 15) is 9.59 Å². The number of benzene rings is 1. The Bertz CT molecular complexity index is 1260. The van der Waals surface area contributed by atoms with Gasteiger partial charge in [0.1, 0.15) is 6.54 Å². The van der Waals surface area contributed by atoms with Gasteiger partial charge in [0.2, 0.25) is 5.91 Å². The molecule has 1 N–H and O–H groups in total. The van der Waals surface area contributed by atoms with E-state index in [4.69, 9.17) is 11.6 Å². The first-order valence-electron chi connectivity index (χ1n) is 17.3. The third-order valence-electron chi connectivity index (χ3n) is 11.3. The monoisotopic (exact) mass is 658 g/mol. The highest BCUT2D eigenvalue weighted by Gasteiger charge is 2.59. The van der Waals surface area contributed by atoms with Gasteiger partial charge in [0.15, 0.2) is 6.04 Å². The Balaban J connectivity index is 1.74. The fourth-order valence-electron chi connectivity index (χ4n) is 8.64. The minimum Gasteiger partial charge on any atom is -0.354 e. The number of carbonyl (C=O) groups is 3. The molecule has 3 aliphatic rings. The van der Waals surface area contributed by atoms with E-state index in [0.29, 0.717) is 31.1 Å². The van der Waals surface area contributed by atoms with Crippen LogP contribution in [0, 0.1) is 16.7 Å². The SMILES string of the molecule is CNC(=O)[C@@H]1C[C@H](N(C(=O)C(C)(C)CN(C)C)C2CCC(C)(C)CC2)C[N+]1(C)C(=O)[C@@H]1CN(C(C)(C)C)C[C@H]1c1ccc(Cl)cc1. The molecule has 3 amide bonds. The number of amides is 3. The lowest BCUT2D eigenvalue weighted by atomic mass is 9.74. The van der Waals surface area contributed by atoms with Crippen molar-refractivity contribution in [1.29, 1.82) is 0 Å². The second-order valence-corrected chi connectivity index (χ2v) is 17.8. The highest BCUT2D eigenvalue weighted by Crippen LogP contribution is 2.44. The van der Waals surface area contributed by atoms with E-state index >= 15 is 4.79 Å². The van der Waals surface area contributed by atoms with Gasteiger partial charge in [-0.15, -0.1) is 0 Å². The van der Waals surface area contributed by atoms with Crippen LogP contribution in [0.2, 0.25) is 5.02 Å². The molecule has 1 aromatic rings. The molecule has 258 valence electrons. The summed E-state index contributed by atoms with van der Waals surface area (Å²) in [5.74, 6) is -0.211. The highest BCUT2D eigenvalue weighted by molar-refractivity contribution is 6.30. The van der Waals surface area contributed by atoms with Crippen molar-refractivity contribution in [2.24, 2.45) is 16.7 Å². The first-order valence-corrected chi connectivity index (χ1v) is 17.7. The lowest BCUT2D eigenvalue weighted by molar-refractivity contribution is -0.840. The molecule has 1 saturated carbocycles. The fourth-order valence-corrected chi connectivity index (χ4v) is 8.76. The Morgan fingerprint density at radius 2 is 1.59 bits per heavy atom. The Morgan fingerprint density at radius 1 is 1.00 bits per heavy atom. The molecule has 0 radical (unpaired) electrons. The zero-order valence-electron chi connectivity index (χ0n) is 30.5. The van der Waals surface area contributed by atoms with Crippen molar-refractivity contribution >= 4 is 29.3 Å². The van der Waals surface area contributed by atoms with Crippen LogP contribution in [-0.2, 0) is 14.4 Å². The molecule has 0 aromatic heterocycles. The van der Waals surface area contributed by atoms with Crippen molar-refractivity contribution in [3.63, 3.8) is 0 Å². The number of hydrogen-bond acceptors (Lipinski definition) is 5. The third kappa shape index (κ3) is 7.66. The molecule has 3 fully saturated rings. The Labute approximate surface area is 283 Å². The van der Waals surface area contributed by atoms with Gasteiger partial charge in [-0.05, 0) is 97.5 Å². The Hall–Kier alpha value is -2.00. The van der Waals surface area contributed by atoms with E-state index in [1.54, 1.807) is 7.05 Å². The summed E-state index contributed by atoms with van der Waals surface area (Å²) in [5, 5.41) is 3.56. The molecule has 2 heterocycles. The lowest BCUT2D eigenvalue weighted by Gasteiger charge is -2.45. The van der Waals surface area contributed by atoms with E-state index in [0.717, 1.165) is 37.8 Å². The van der Waals surface area contributed by atoms with E-state index < -0.39 is 11.5 Å². The van der Waals surface area contributed by atoms with E-state index in [-0.39, 0.29) is 57.1 Å². The van der Waals surface area contributed by atoms with Crippen molar-refractivity contribution in [1.82, 2.24) is 20.0 Å². The van der Waals surface area contributed by atoms with Crippen molar-refractivity contribution < 1.29 is 18.9 Å². The van der Waals surface area contributed by atoms with Gasteiger partial charge < -0.3 is 15.1 Å². The molecule has 46 heavy (non-hydrogen) atoms. The van der Waals surface area contributed by atoms with Crippen LogP contribution in [0.3, 0.4) is 0 Å². The highest BCUT2D eigenvalue weighted by atomic mass is 35.5. The summed E-state index contributed by atoms with van der Waals surface area (Å²) in [7, 11) is 7.63. The van der Waals surface area contributed by atoms with Gasteiger partial charge in [0, 0.05) is 55.6 Å². The van der Waals surface area contributed by atoms with Crippen LogP contribution < -0.4 is 5.32 Å². The van der Waals surface area contributed by atoms with Gasteiger partial charge in [-0.2, -0.15) is 0 Å². The van der Waals surface area contributed by atoms with Crippen LogP contribution in [0.15, 0.2) is 24.3 Å². The number of nitrogens with one attached hydrogen (secondary N) is 1. The average Bonchev–Trinajstić information content (AvgIpc) is 3.56. The number of rotatable bonds is 8. The zero-order chi connectivity index (χ0) is 34.4. The van der Waals surface area contributed by atoms with Gasteiger partial charge >= 0.3 is 5.91 Å². The quantitative estimate of drug-likeness (QED) is 0.379. The second-order valence-electron chi connectivity index (χ2n) is 17.4. The third-order valence-corrected chi connectivity index (χ3v) is 11.6. The van der Waals surface area contributed by atoms with Gasteiger partial charge in [-0.1, -0.05) is 37.6 Å². The number of hydrogen-bond donors (Lipinski definition) is 1. The summed E-state index contributed by atoms with van der Waals surface area (Å²) < 4.78 is 0.00712. The van der Waals surface area contributed by atoms with Crippen molar-refractivity contribution in [2.45, 2.75) is 110 Å². The minimum absolute atomic E-state index is 0.00712. The summed E-state index contributed by atoms with van der Waals surface area (Å²) in [4.78, 5) is 50.0. The molecule has 1 unspecified atom stereocenters. The van der Waals surface area contributed by atoms with Gasteiger partial charge in [-0.3, -0.25) is 19.0 Å². The van der Waals surface area contributed by atoms with Crippen LogP contribution in [0.4, 0.5) is 0 Å². The van der Waals surface area contributed by atoms with Gasteiger partial charge in [-0.25, -0.2) is 4.79 Å². The largest absolute Gasteiger partial charge is 0.354 e. The molecule has 2 aliphatic heterocycles. The van der Waals surface area contributed by atoms with Crippen LogP contribution in [-0.4, -0.2) is 115 Å². The molecular formula is C37H61ClN5O3+. The topological polar surface area (TPSA) is 73.0 Å². The molecule has 8 nitrogen and oxygen atoms in total. The Morgan fingerprint density at radius 3 is 2.11 bits per heavy atom. The fraction of sp³-hybridized carbons (Fsp3) is 0.757. The van der Waals surface area contributed by atoms with E-state index in [1.165, 1.54) is 0 Å². The normalized spacial score (nSPS) is 29.2. The first kappa shape index (κ1) is 36.8. The van der Waals surface area contributed by atoms with Crippen LogP contribution in [0.1, 0.15) is 92.1 Å². The van der Waals surface area contributed by atoms with Crippen molar-refractivity contribution in [3.8, 4) is 0 Å². The smallest absolute Gasteiger partial charge is 0.319 e. The van der Waals surface area contributed by atoms with Crippen molar-refractivity contribution in [2.75, 3.05) is 54.4 Å². The number of carbonyl (C=O) groups excluding carboxylic acids is 3. The second kappa shape index (κ2) is 13.5. The number of likely N-dealkylation sites (N-methyl/N-ethyl adjacent to an activating group) is 2. The number of quaternary nitrogens is 1.